The lowest BCUT2D eigenvalue weighted by Gasteiger charge is -2.17. The minimum Gasteiger partial charge on any atom is -0.506 e. The van der Waals surface area contributed by atoms with Crippen LogP contribution in [0.4, 0.5) is 11.5 Å². The van der Waals surface area contributed by atoms with E-state index in [1.54, 1.807) is 24.3 Å². The molecule has 36 heavy (non-hydrogen) atoms. The standard InChI is InChI=1S/C27H30N4O5/c28-22-16-19(8-12-24(22)32)26(33)31-23(27(34)35)15-17-5-10-21(11-6-17)36-14-2-4-20-9-7-18-3-1-13-29-25(18)30-20/h5-12,16,23,32H,1-4,13-15,28H2,(H,29,30)(H,31,33)(H,34,35). The quantitative estimate of drug-likeness (QED) is 0.165. The molecule has 0 fully saturated rings. The number of nitrogen functional groups attached to an aromatic ring is 1. The van der Waals surface area contributed by atoms with Crippen molar-refractivity contribution in [3.05, 3.63) is 77.0 Å². The molecule has 1 amide bonds. The molecule has 0 spiro atoms. The van der Waals surface area contributed by atoms with Crippen LogP contribution in [0, 0.1) is 0 Å². The lowest BCUT2D eigenvalue weighted by molar-refractivity contribution is -0.139. The Kier molecular flexibility index (Phi) is 7.89. The van der Waals surface area contributed by atoms with Gasteiger partial charge < -0.3 is 31.3 Å². The van der Waals surface area contributed by atoms with E-state index in [4.69, 9.17) is 15.5 Å². The summed E-state index contributed by atoms with van der Waals surface area (Å²) < 4.78 is 5.83. The van der Waals surface area contributed by atoms with Gasteiger partial charge in [-0.1, -0.05) is 18.2 Å². The van der Waals surface area contributed by atoms with Crippen molar-refractivity contribution in [1.82, 2.24) is 10.3 Å². The predicted molar refractivity (Wildman–Crippen MR) is 136 cm³/mol. The number of benzene rings is 2. The number of rotatable bonds is 10. The highest BCUT2D eigenvalue weighted by atomic mass is 16.5. The van der Waals surface area contributed by atoms with Gasteiger partial charge in [0.15, 0.2) is 0 Å². The van der Waals surface area contributed by atoms with Crippen molar-refractivity contribution in [1.29, 1.82) is 0 Å². The second-order valence-corrected chi connectivity index (χ2v) is 8.78. The molecule has 1 unspecified atom stereocenters. The van der Waals surface area contributed by atoms with Crippen LogP contribution >= 0.6 is 0 Å². The lowest BCUT2D eigenvalue weighted by Crippen LogP contribution is -2.42. The number of pyridine rings is 1. The van der Waals surface area contributed by atoms with Crippen LogP contribution < -0.4 is 21.1 Å². The number of hydrogen-bond donors (Lipinski definition) is 5. The molecule has 1 aliphatic heterocycles. The maximum atomic E-state index is 12.4. The number of carbonyl (C=O) groups is 2. The summed E-state index contributed by atoms with van der Waals surface area (Å²) in [5, 5.41) is 24.9. The third-order valence-electron chi connectivity index (χ3n) is 6.05. The molecule has 188 valence electrons. The third kappa shape index (κ3) is 6.44. The number of aromatic hydroxyl groups is 1. The Balaban J connectivity index is 1.26. The molecule has 1 atom stereocenters. The highest BCUT2D eigenvalue weighted by molar-refractivity contribution is 5.97. The molecule has 0 bridgehead atoms. The third-order valence-corrected chi connectivity index (χ3v) is 6.05. The molecule has 3 aromatic rings. The summed E-state index contributed by atoms with van der Waals surface area (Å²) in [6.45, 7) is 1.50. The number of carboxylic acids is 1. The maximum Gasteiger partial charge on any atom is 0.326 e. The molecule has 0 aliphatic carbocycles. The average molecular weight is 491 g/mol. The van der Waals surface area contributed by atoms with Crippen LogP contribution in [0.2, 0.25) is 0 Å². The van der Waals surface area contributed by atoms with Crippen molar-refractivity contribution >= 4 is 23.4 Å². The van der Waals surface area contributed by atoms with Gasteiger partial charge in [0.05, 0.1) is 12.3 Å². The first kappa shape index (κ1) is 24.8. The number of aromatic nitrogens is 1. The van der Waals surface area contributed by atoms with Crippen LogP contribution in [-0.4, -0.2) is 46.3 Å². The number of nitrogens with zero attached hydrogens (tertiary/aromatic N) is 1. The molecule has 1 aromatic heterocycles. The van der Waals surface area contributed by atoms with Gasteiger partial charge in [-0.25, -0.2) is 9.78 Å². The average Bonchev–Trinajstić information content (AvgIpc) is 2.88. The zero-order valence-corrected chi connectivity index (χ0v) is 19.9. The number of ether oxygens (including phenoxy) is 1. The number of carbonyl (C=O) groups excluding carboxylic acids is 1. The molecule has 2 aromatic carbocycles. The van der Waals surface area contributed by atoms with Gasteiger partial charge in [-0.05, 0) is 73.2 Å². The molecule has 0 radical (unpaired) electrons. The zero-order chi connectivity index (χ0) is 25.5. The first-order valence-corrected chi connectivity index (χ1v) is 12.0. The van der Waals surface area contributed by atoms with Gasteiger partial charge in [0.2, 0.25) is 0 Å². The number of aliphatic carboxylic acids is 1. The number of phenols is 1. The Labute approximate surface area is 209 Å². The zero-order valence-electron chi connectivity index (χ0n) is 19.9. The van der Waals surface area contributed by atoms with Gasteiger partial charge in [-0.15, -0.1) is 0 Å². The highest BCUT2D eigenvalue weighted by Gasteiger charge is 2.21. The summed E-state index contributed by atoms with van der Waals surface area (Å²) in [5.41, 5.74) is 8.89. The topological polar surface area (TPSA) is 147 Å². The van der Waals surface area contributed by atoms with E-state index in [-0.39, 0.29) is 23.4 Å². The van der Waals surface area contributed by atoms with Crippen molar-refractivity contribution in [2.24, 2.45) is 0 Å². The minimum atomic E-state index is -1.15. The molecular formula is C27H30N4O5. The molecule has 0 saturated carbocycles. The van der Waals surface area contributed by atoms with Crippen LogP contribution in [0.1, 0.15) is 40.0 Å². The molecule has 9 nitrogen and oxygen atoms in total. The number of nitrogens with two attached hydrogens (primary N) is 1. The second kappa shape index (κ2) is 11.4. The van der Waals surface area contributed by atoms with Gasteiger partial charge in [0, 0.05) is 24.2 Å². The fourth-order valence-electron chi connectivity index (χ4n) is 4.05. The van der Waals surface area contributed by atoms with E-state index in [2.05, 4.69) is 22.8 Å². The van der Waals surface area contributed by atoms with Crippen molar-refractivity contribution in [3.63, 3.8) is 0 Å². The van der Waals surface area contributed by atoms with Gasteiger partial charge in [0.25, 0.3) is 5.91 Å². The molecule has 6 N–H and O–H groups in total. The molecule has 9 heteroatoms. The van der Waals surface area contributed by atoms with E-state index in [0.29, 0.717) is 12.4 Å². The number of anilines is 2. The summed E-state index contributed by atoms with van der Waals surface area (Å²) in [7, 11) is 0. The minimum absolute atomic E-state index is 0.0427. The van der Waals surface area contributed by atoms with Crippen molar-refractivity contribution in [2.45, 2.75) is 38.1 Å². The fourth-order valence-corrected chi connectivity index (χ4v) is 4.05. The Morgan fingerprint density at radius 3 is 2.69 bits per heavy atom. The number of phenolic OH excluding ortho intramolecular Hbond substituents is 1. The Hall–Kier alpha value is -4.27. The van der Waals surface area contributed by atoms with Crippen molar-refractivity contribution < 1.29 is 24.5 Å². The Morgan fingerprint density at radius 1 is 1.14 bits per heavy atom. The first-order chi connectivity index (χ1) is 17.4. The SMILES string of the molecule is Nc1cc(C(=O)NC(Cc2ccc(OCCCc3ccc4c(n3)NCCC4)cc2)C(=O)O)ccc1O. The molecular weight excluding hydrogens is 460 g/mol. The predicted octanol–water partition coefficient (Wildman–Crippen LogP) is 3.16. The molecule has 2 heterocycles. The van der Waals surface area contributed by atoms with Gasteiger partial charge in [-0.2, -0.15) is 0 Å². The van der Waals surface area contributed by atoms with Crippen molar-refractivity contribution in [3.8, 4) is 11.5 Å². The van der Waals surface area contributed by atoms with Gasteiger partial charge >= 0.3 is 5.97 Å². The number of amides is 1. The lowest BCUT2D eigenvalue weighted by atomic mass is 10.0. The van der Waals surface area contributed by atoms with E-state index in [1.807, 2.05) is 0 Å². The number of hydrogen-bond acceptors (Lipinski definition) is 7. The number of carboxylic acid groups (broad SMARTS) is 1. The van der Waals surface area contributed by atoms with Crippen LogP contribution in [0.5, 0.6) is 11.5 Å². The first-order valence-electron chi connectivity index (χ1n) is 12.0. The van der Waals surface area contributed by atoms with E-state index >= 15 is 0 Å². The van der Waals surface area contributed by atoms with Gasteiger partial charge in [0.1, 0.15) is 23.4 Å². The summed E-state index contributed by atoms with van der Waals surface area (Å²) in [5.74, 6) is -0.191. The number of nitrogens with one attached hydrogen (secondary N) is 2. The smallest absolute Gasteiger partial charge is 0.326 e. The molecule has 4 rings (SSSR count). The monoisotopic (exact) mass is 490 g/mol. The molecule has 1 aliphatic rings. The second-order valence-electron chi connectivity index (χ2n) is 8.78. The number of fused-ring (bicyclic) bond motifs is 1. The Morgan fingerprint density at radius 2 is 1.94 bits per heavy atom. The van der Waals surface area contributed by atoms with Crippen LogP contribution in [-0.2, 0) is 24.1 Å². The Bertz CT molecular complexity index is 1230. The van der Waals surface area contributed by atoms with E-state index < -0.39 is 17.9 Å². The maximum absolute atomic E-state index is 12.4. The summed E-state index contributed by atoms with van der Waals surface area (Å²) in [6, 6.07) is 14.2. The fraction of sp³-hybridized carbons (Fsp3) is 0.296. The van der Waals surface area contributed by atoms with E-state index in [0.717, 1.165) is 49.3 Å². The van der Waals surface area contributed by atoms with Crippen LogP contribution in [0.3, 0.4) is 0 Å². The molecule has 0 saturated heterocycles. The highest BCUT2D eigenvalue weighted by Crippen LogP contribution is 2.22. The van der Waals surface area contributed by atoms with Crippen molar-refractivity contribution in [2.75, 3.05) is 24.2 Å². The summed E-state index contributed by atoms with van der Waals surface area (Å²) in [4.78, 5) is 28.9. The van der Waals surface area contributed by atoms with Gasteiger partial charge in [-0.3, -0.25) is 4.79 Å². The van der Waals surface area contributed by atoms with Crippen LogP contribution in [0.25, 0.3) is 0 Å². The van der Waals surface area contributed by atoms with Crippen LogP contribution in [0.15, 0.2) is 54.6 Å². The van der Waals surface area contributed by atoms with E-state index in [9.17, 15) is 19.8 Å². The number of aryl methyl sites for hydroxylation is 2. The normalized spacial score (nSPS) is 13.2. The largest absolute Gasteiger partial charge is 0.506 e. The van der Waals surface area contributed by atoms with E-state index in [1.165, 1.54) is 23.8 Å². The summed E-state index contributed by atoms with van der Waals surface area (Å²) >= 11 is 0. The summed E-state index contributed by atoms with van der Waals surface area (Å²) in [6.07, 6.45) is 3.96.